The smallest absolute Gasteiger partial charge is 0.434 e. The van der Waals surface area contributed by atoms with E-state index in [2.05, 4.69) is 20.6 Å². The van der Waals surface area contributed by atoms with Crippen molar-refractivity contribution >= 4 is 41.3 Å². The SMILES string of the molecule is CN=C(NCCCOc1cc(OC)cc(OC)c1)NCc1nc(C(F)(F)F)cs1.I. The number of aliphatic imine (C=N–C) groups is 1. The van der Waals surface area contributed by atoms with E-state index in [4.69, 9.17) is 14.2 Å². The molecular formula is C18H24F3IN4O3S. The van der Waals surface area contributed by atoms with Crippen LogP contribution in [0.25, 0.3) is 0 Å². The van der Waals surface area contributed by atoms with Crippen molar-refractivity contribution in [2.45, 2.75) is 19.1 Å². The third kappa shape index (κ3) is 8.42. The van der Waals surface area contributed by atoms with Crippen LogP contribution in [0.2, 0.25) is 0 Å². The molecule has 0 aliphatic rings. The highest BCUT2D eigenvalue weighted by Gasteiger charge is 2.33. The number of benzene rings is 1. The number of thiazole rings is 1. The Hall–Kier alpha value is -1.96. The Bertz CT molecular complexity index is 796. The molecule has 0 aliphatic heterocycles. The third-order valence-electron chi connectivity index (χ3n) is 3.68. The summed E-state index contributed by atoms with van der Waals surface area (Å²) in [4.78, 5) is 7.60. The van der Waals surface area contributed by atoms with Crippen molar-refractivity contribution in [1.82, 2.24) is 15.6 Å². The standard InChI is InChI=1S/C18H23F3N4O3S.HI/c1-22-17(24-10-16-25-15(11-29-16)18(19,20)21)23-5-4-6-28-14-8-12(26-2)7-13(9-14)27-3;/h7-9,11H,4-6,10H2,1-3H3,(H2,22,23,24);1H. The molecule has 1 aromatic heterocycles. The topological polar surface area (TPSA) is 77.0 Å². The maximum Gasteiger partial charge on any atom is 0.434 e. The van der Waals surface area contributed by atoms with E-state index in [9.17, 15) is 13.2 Å². The molecule has 0 fully saturated rings. The first-order valence-electron chi connectivity index (χ1n) is 8.67. The van der Waals surface area contributed by atoms with E-state index >= 15 is 0 Å². The van der Waals surface area contributed by atoms with Crippen molar-refractivity contribution in [2.75, 3.05) is 34.4 Å². The monoisotopic (exact) mass is 560 g/mol. The lowest BCUT2D eigenvalue weighted by molar-refractivity contribution is -0.140. The van der Waals surface area contributed by atoms with Crippen molar-refractivity contribution in [1.29, 1.82) is 0 Å². The largest absolute Gasteiger partial charge is 0.496 e. The molecule has 30 heavy (non-hydrogen) atoms. The van der Waals surface area contributed by atoms with Crippen molar-refractivity contribution < 1.29 is 27.4 Å². The number of hydrogen-bond acceptors (Lipinski definition) is 6. The van der Waals surface area contributed by atoms with Crippen LogP contribution in [0.15, 0.2) is 28.6 Å². The number of hydrogen-bond donors (Lipinski definition) is 2. The molecule has 0 bridgehead atoms. The minimum atomic E-state index is -4.43. The van der Waals surface area contributed by atoms with E-state index in [0.717, 1.165) is 16.7 Å². The summed E-state index contributed by atoms with van der Waals surface area (Å²) in [6.07, 6.45) is -3.75. The van der Waals surface area contributed by atoms with Crippen LogP contribution in [0, 0.1) is 0 Å². The Labute approximate surface area is 194 Å². The molecule has 168 valence electrons. The minimum absolute atomic E-state index is 0. The Balaban J connectivity index is 0.00000450. The molecule has 2 rings (SSSR count). The van der Waals surface area contributed by atoms with Crippen LogP contribution in [0.5, 0.6) is 17.2 Å². The van der Waals surface area contributed by atoms with Crippen LogP contribution in [0.3, 0.4) is 0 Å². The number of alkyl halides is 3. The van der Waals surface area contributed by atoms with E-state index in [1.54, 1.807) is 39.5 Å². The lowest BCUT2D eigenvalue weighted by Crippen LogP contribution is -2.37. The van der Waals surface area contributed by atoms with Gasteiger partial charge in [0.25, 0.3) is 0 Å². The molecule has 2 N–H and O–H groups in total. The molecule has 0 radical (unpaired) electrons. The fraction of sp³-hybridized carbons (Fsp3) is 0.444. The lowest BCUT2D eigenvalue weighted by atomic mass is 10.3. The number of methoxy groups -OCH3 is 2. The van der Waals surface area contributed by atoms with Gasteiger partial charge in [-0.15, -0.1) is 35.3 Å². The second kappa shape index (κ2) is 12.7. The van der Waals surface area contributed by atoms with Gasteiger partial charge in [-0.05, 0) is 6.42 Å². The maximum atomic E-state index is 12.6. The van der Waals surface area contributed by atoms with Crippen molar-refractivity contribution in [3.8, 4) is 17.2 Å². The molecule has 0 aliphatic carbocycles. The van der Waals surface area contributed by atoms with Gasteiger partial charge in [-0.2, -0.15) is 13.2 Å². The summed E-state index contributed by atoms with van der Waals surface area (Å²) < 4.78 is 53.8. The second-order valence-electron chi connectivity index (χ2n) is 5.73. The van der Waals surface area contributed by atoms with E-state index < -0.39 is 11.9 Å². The third-order valence-corrected chi connectivity index (χ3v) is 4.53. The fourth-order valence-electron chi connectivity index (χ4n) is 2.24. The zero-order valence-corrected chi connectivity index (χ0v) is 19.9. The number of guanidine groups is 1. The van der Waals surface area contributed by atoms with Crippen LogP contribution in [-0.2, 0) is 12.7 Å². The van der Waals surface area contributed by atoms with Gasteiger partial charge >= 0.3 is 6.18 Å². The van der Waals surface area contributed by atoms with E-state index in [1.165, 1.54) is 0 Å². The molecule has 0 unspecified atom stereocenters. The number of nitrogens with zero attached hydrogens (tertiary/aromatic N) is 2. The van der Waals surface area contributed by atoms with Crippen molar-refractivity contribution in [3.05, 3.63) is 34.3 Å². The first-order valence-corrected chi connectivity index (χ1v) is 9.55. The molecule has 7 nitrogen and oxygen atoms in total. The number of aromatic nitrogens is 1. The molecule has 0 spiro atoms. The number of rotatable bonds is 9. The zero-order chi connectivity index (χ0) is 21.3. The van der Waals surface area contributed by atoms with Gasteiger partial charge in [-0.25, -0.2) is 4.98 Å². The highest BCUT2D eigenvalue weighted by molar-refractivity contribution is 14.0. The highest BCUT2D eigenvalue weighted by atomic mass is 127. The molecule has 0 atom stereocenters. The Morgan fingerprint density at radius 1 is 1.10 bits per heavy atom. The molecule has 0 amide bonds. The van der Waals surface area contributed by atoms with E-state index in [-0.39, 0.29) is 30.5 Å². The molecule has 2 aromatic rings. The summed E-state index contributed by atoms with van der Waals surface area (Å²) in [6.45, 7) is 1.16. The summed E-state index contributed by atoms with van der Waals surface area (Å²) in [5.41, 5.74) is -0.881. The molecule has 1 aromatic carbocycles. The molecule has 1 heterocycles. The quantitative estimate of drug-likeness (QED) is 0.210. The maximum absolute atomic E-state index is 12.6. The number of nitrogens with one attached hydrogen (secondary N) is 2. The van der Waals surface area contributed by atoms with Crippen LogP contribution in [0.1, 0.15) is 17.1 Å². The molecule has 0 saturated heterocycles. The highest BCUT2D eigenvalue weighted by Crippen LogP contribution is 2.30. The first kappa shape index (κ1) is 26.1. The van der Waals surface area contributed by atoms with Gasteiger partial charge in [0.2, 0.25) is 0 Å². The van der Waals surface area contributed by atoms with Crippen LogP contribution in [-0.4, -0.2) is 45.4 Å². The summed E-state index contributed by atoms with van der Waals surface area (Å²) in [6, 6.07) is 5.28. The Kier molecular flexibility index (Phi) is 11.0. The van der Waals surface area contributed by atoms with Crippen LogP contribution >= 0.6 is 35.3 Å². The van der Waals surface area contributed by atoms with E-state index in [0.29, 0.717) is 47.8 Å². The lowest BCUT2D eigenvalue weighted by Gasteiger charge is -2.12. The fourth-order valence-corrected chi connectivity index (χ4v) is 2.98. The summed E-state index contributed by atoms with van der Waals surface area (Å²) >= 11 is 0.948. The Morgan fingerprint density at radius 2 is 1.73 bits per heavy atom. The van der Waals surface area contributed by atoms with Gasteiger partial charge in [0.05, 0.1) is 27.4 Å². The van der Waals surface area contributed by atoms with Crippen LogP contribution < -0.4 is 24.8 Å². The normalized spacial score (nSPS) is 11.5. The average molecular weight is 560 g/mol. The predicted molar refractivity (Wildman–Crippen MR) is 120 cm³/mol. The van der Waals surface area contributed by atoms with Gasteiger partial charge < -0.3 is 24.8 Å². The van der Waals surface area contributed by atoms with Gasteiger partial charge in [-0.1, -0.05) is 0 Å². The van der Waals surface area contributed by atoms with Crippen LogP contribution in [0.4, 0.5) is 13.2 Å². The predicted octanol–water partition coefficient (Wildman–Crippen LogP) is 3.93. The number of ether oxygens (including phenoxy) is 3. The molecular weight excluding hydrogens is 536 g/mol. The van der Waals surface area contributed by atoms with Gasteiger partial charge in [0.1, 0.15) is 22.3 Å². The van der Waals surface area contributed by atoms with E-state index in [1.807, 2.05) is 0 Å². The summed E-state index contributed by atoms with van der Waals surface area (Å²) in [5.74, 6) is 2.38. The van der Waals surface area contributed by atoms with Gasteiger partial charge in [-0.3, -0.25) is 4.99 Å². The van der Waals surface area contributed by atoms with Crippen molar-refractivity contribution in [3.63, 3.8) is 0 Å². The average Bonchev–Trinajstić information content (AvgIpc) is 3.19. The zero-order valence-electron chi connectivity index (χ0n) is 16.7. The van der Waals surface area contributed by atoms with Gasteiger partial charge in [0, 0.05) is 37.2 Å². The molecule has 12 heteroatoms. The summed E-state index contributed by atoms with van der Waals surface area (Å²) in [7, 11) is 4.71. The van der Waals surface area contributed by atoms with Crippen molar-refractivity contribution in [2.24, 2.45) is 4.99 Å². The first-order chi connectivity index (χ1) is 13.9. The number of halogens is 4. The molecule has 0 saturated carbocycles. The van der Waals surface area contributed by atoms with Gasteiger partial charge in [0.15, 0.2) is 11.7 Å². The second-order valence-corrected chi connectivity index (χ2v) is 6.67. The minimum Gasteiger partial charge on any atom is -0.496 e. The Morgan fingerprint density at radius 3 is 2.27 bits per heavy atom. The summed E-state index contributed by atoms with van der Waals surface area (Å²) in [5, 5.41) is 7.33.